The van der Waals surface area contributed by atoms with E-state index in [9.17, 15) is 4.79 Å². The van der Waals surface area contributed by atoms with E-state index < -0.39 is 0 Å². The highest BCUT2D eigenvalue weighted by Gasteiger charge is 2.09. The number of carbonyl (C=O) groups excluding carboxylic acids is 1. The summed E-state index contributed by atoms with van der Waals surface area (Å²) in [6.45, 7) is 0.444. The summed E-state index contributed by atoms with van der Waals surface area (Å²) in [5, 5.41) is 2.87. The van der Waals surface area contributed by atoms with E-state index in [0.717, 1.165) is 15.8 Å². The van der Waals surface area contributed by atoms with Gasteiger partial charge in [0.2, 0.25) is 0 Å². The zero-order valence-corrected chi connectivity index (χ0v) is 13.4. The van der Waals surface area contributed by atoms with Crippen LogP contribution in [0, 0.1) is 0 Å². The Bertz CT molecular complexity index is 631. The van der Waals surface area contributed by atoms with Crippen molar-refractivity contribution in [2.45, 2.75) is 11.4 Å². The standard InChI is InChI=1S/C15H14BrNO2S/c1-19-12-4-2-3-10(7-12)9-17-15(18)13-6-5-11(16)8-14(13)20/h2-8,20H,9H2,1H3,(H,17,18). The van der Waals surface area contributed by atoms with Gasteiger partial charge in [0.15, 0.2) is 0 Å². The van der Waals surface area contributed by atoms with Crippen molar-refractivity contribution in [2.24, 2.45) is 0 Å². The predicted octanol–water partition coefficient (Wildman–Crippen LogP) is 3.68. The van der Waals surface area contributed by atoms with Gasteiger partial charge in [-0.1, -0.05) is 28.1 Å². The number of hydrogen-bond acceptors (Lipinski definition) is 3. The number of amides is 1. The fourth-order valence-corrected chi connectivity index (χ4v) is 2.61. The quantitative estimate of drug-likeness (QED) is 0.824. The summed E-state index contributed by atoms with van der Waals surface area (Å²) < 4.78 is 6.04. The van der Waals surface area contributed by atoms with E-state index in [1.165, 1.54) is 0 Å². The second-order valence-electron chi connectivity index (χ2n) is 4.20. The van der Waals surface area contributed by atoms with Crippen LogP contribution in [0.5, 0.6) is 5.75 Å². The highest BCUT2D eigenvalue weighted by Crippen LogP contribution is 2.20. The summed E-state index contributed by atoms with van der Waals surface area (Å²) >= 11 is 7.65. The van der Waals surface area contributed by atoms with Gasteiger partial charge in [0.05, 0.1) is 12.7 Å². The zero-order valence-electron chi connectivity index (χ0n) is 10.9. The number of benzene rings is 2. The van der Waals surface area contributed by atoms with Crippen LogP contribution in [0.1, 0.15) is 15.9 Å². The first-order valence-corrected chi connectivity index (χ1v) is 7.24. The smallest absolute Gasteiger partial charge is 0.252 e. The molecule has 2 aromatic carbocycles. The molecule has 0 heterocycles. The average Bonchev–Trinajstić information content (AvgIpc) is 2.45. The molecule has 1 N–H and O–H groups in total. The highest BCUT2D eigenvalue weighted by atomic mass is 79.9. The van der Waals surface area contributed by atoms with E-state index in [1.54, 1.807) is 19.2 Å². The number of halogens is 1. The van der Waals surface area contributed by atoms with Gasteiger partial charge in [-0.2, -0.15) is 0 Å². The van der Waals surface area contributed by atoms with Gasteiger partial charge in [0, 0.05) is 15.9 Å². The van der Waals surface area contributed by atoms with Crippen LogP contribution in [0.3, 0.4) is 0 Å². The van der Waals surface area contributed by atoms with Gasteiger partial charge in [-0.3, -0.25) is 4.79 Å². The lowest BCUT2D eigenvalue weighted by Crippen LogP contribution is -2.23. The highest BCUT2D eigenvalue weighted by molar-refractivity contribution is 9.10. The molecule has 1 amide bonds. The molecular weight excluding hydrogens is 338 g/mol. The lowest BCUT2D eigenvalue weighted by atomic mass is 10.2. The molecule has 0 aliphatic heterocycles. The number of carbonyl (C=O) groups is 1. The topological polar surface area (TPSA) is 38.3 Å². The first kappa shape index (κ1) is 14.9. The molecule has 0 radical (unpaired) electrons. The Kier molecular flexibility index (Phi) is 5.09. The third kappa shape index (κ3) is 3.77. The summed E-state index contributed by atoms with van der Waals surface area (Å²) in [4.78, 5) is 12.7. The number of hydrogen-bond donors (Lipinski definition) is 2. The molecule has 0 aromatic heterocycles. The summed E-state index contributed by atoms with van der Waals surface area (Å²) in [7, 11) is 1.62. The van der Waals surface area contributed by atoms with Crippen molar-refractivity contribution in [1.29, 1.82) is 0 Å². The van der Waals surface area contributed by atoms with Gasteiger partial charge in [-0.25, -0.2) is 0 Å². The monoisotopic (exact) mass is 351 g/mol. The van der Waals surface area contributed by atoms with Crippen LogP contribution in [0.4, 0.5) is 0 Å². The van der Waals surface area contributed by atoms with E-state index in [0.29, 0.717) is 17.0 Å². The third-order valence-electron chi connectivity index (χ3n) is 2.79. The maximum Gasteiger partial charge on any atom is 0.252 e. The molecule has 104 valence electrons. The minimum absolute atomic E-state index is 0.148. The number of rotatable bonds is 4. The number of methoxy groups -OCH3 is 1. The minimum atomic E-state index is -0.148. The van der Waals surface area contributed by atoms with Crippen molar-refractivity contribution >= 4 is 34.5 Å². The van der Waals surface area contributed by atoms with Gasteiger partial charge in [0.1, 0.15) is 5.75 Å². The Balaban J connectivity index is 2.04. The molecular formula is C15H14BrNO2S. The number of ether oxygens (including phenoxy) is 1. The van der Waals surface area contributed by atoms with Crippen LogP contribution < -0.4 is 10.1 Å². The van der Waals surface area contributed by atoms with Crippen LogP contribution in [0.15, 0.2) is 51.8 Å². The molecule has 0 spiro atoms. The molecule has 0 saturated carbocycles. The fraction of sp³-hybridized carbons (Fsp3) is 0.133. The SMILES string of the molecule is COc1cccc(CNC(=O)c2ccc(Br)cc2S)c1. The predicted molar refractivity (Wildman–Crippen MR) is 85.6 cm³/mol. The molecule has 0 unspecified atom stereocenters. The van der Waals surface area contributed by atoms with Crippen LogP contribution >= 0.6 is 28.6 Å². The first-order valence-electron chi connectivity index (χ1n) is 6.00. The summed E-state index contributed by atoms with van der Waals surface area (Å²) in [5.74, 6) is 0.626. The molecule has 0 aliphatic carbocycles. The lowest BCUT2D eigenvalue weighted by Gasteiger charge is -2.08. The van der Waals surface area contributed by atoms with E-state index in [4.69, 9.17) is 4.74 Å². The Morgan fingerprint density at radius 2 is 2.10 bits per heavy atom. The average molecular weight is 352 g/mol. The van der Waals surface area contributed by atoms with E-state index in [2.05, 4.69) is 33.9 Å². The molecule has 0 aliphatic rings. The molecule has 0 saturated heterocycles. The summed E-state index contributed by atoms with van der Waals surface area (Å²) in [6, 6.07) is 12.9. The zero-order chi connectivity index (χ0) is 14.5. The van der Waals surface area contributed by atoms with Crippen molar-refractivity contribution < 1.29 is 9.53 Å². The summed E-state index contributed by atoms with van der Waals surface area (Å²) in [5.41, 5.74) is 1.54. The molecule has 5 heteroatoms. The normalized spacial score (nSPS) is 10.2. The second-order valence-corrected chi connectivity index (χ2v) is 5.59. The van der Waals surface area contributed by atoms with Crippen molar-refractivity contribution in [1.82, 2.24) is 5.32 Å². The van der Waals surface area contributed by atoms with Gasteiger partial charge < -0.3 is 10.1 Å². The lowest BCUT2D eigenvalue weighted by molar-refractivity contribution is 0.0948. The largest absolute Gasteiger partial charge is 0.497 e. The van der Waals surface area contributed by atoms with Crippen LogP contribution in [0.25, 0.3) is 0 Å². The van der Waals surface area contributed by atoms with Crippen molar-refractivity contribution in [3.8, 4) is 5.75 Å². The molecule has 2 rings (SSSR count). The molecule has 3 nitrogen and oxygen atoms in total. The van der Waals surface area contributed by atoms with Crippen LogP contribution in [-0.4, -0.2) is 13.0 Å². The second kappa shape index (κ2) is 6.81. The minimum Gasteiger partial charge on any atom is -0.497 e. The first-order chi connectivity index (χ1) is 9.60. The van der Waals surface area contributed by atoms with E-state index in [1.807, 2.05) is 30.3 Å². The van der Waals surface area contributed by atoms with Gasteiger partial charge in [-0.15, -0.1) is 12.6 Å². The van der Waals surface area contributed by atoms with Gasteiger partial charge in [-0.05, 0) is 35.9 Å². The Morgan fingerprint density at radius 3 is 2.80 bits per heavy atom. The molecule has 0 fully saturated rings. The van der Waals surface area contributed by atoms with Crippen molar-refractivity contribution in [2.75, 3.05) is 7.11 Å². The maximum atomic E-state index is 12.1. The Hall–Kier alpha value is -1.46. The number of nitrogens with one attached hydrogen (secondary N) is 1. The Labute approximate surface area is 131 Å². The molecule has 20 heavy (non-hydrogen) atoms. The fourth-order valence-electron chi connectivity index (χ4n) is 1.76. The maximum absolute atomic E-state index is 12.1. The molecule has 0 atom stereocenters. The van der Waals surface area contributed by atoms with Crippen LogP contribution in [0.2, 0.25) is 0 Å². The molecule has 2 aromatic rings. The van der Waals surface area contributed by atoms with Crippen molar-refractivity contribution in [3.63, 3.8) is 0 Å². The van der Waals surface area contributed by atoms with Gasteiger partial charge in [0.25, 0.3) is 5.91 Å². The number of thiol groups is 1. The molecule has 0 bridgehead atoms. The van der Waals surface area contributed by atoms with Gasteiger partial charge >= 0.3 is 0 Å². The van der Waals surface area contributed by atoms with E-state index >= 15 is 0 Å². The summed E-state index contributed by atoms with van der Waals surface area (Å²) in [6.07, 6.45) is 0. The Morgan fingerprint density at radius 1 is 1.30 bits per heavy atom. The third-order valence-corrected chi connectivity index (χ3v) is 3.65. The van der Waals surface area contributed by atoms with Crippen LogP contribution in [-0.2, 0) is 6.54 Å². The van der Waals surface area contributed by atoms with E-state index in [-0.39, 0.29) is 5.91 Å². The van der Waals surface area contributed by atoms with Crippen molar-refractivity contribution in [3.05, 3.63) is 58.1 Å².